The van der Waals surface area contributed by atoms with E-state index in [1.54, 1.807) is 0 Å². The molecule has 0 aromatic heterocycles. The SMILES string of the molecule is CCNC(=O)c1c(Cl)cc(Cl)cc1Cl. The first-order chi connectivity index (χ1) is 6.56. The molecule has 0 aliphatic rings. The van der Waals surface area contributed by atoms with Gasteiger partial charge in [0.1, 0.15) is 0 Å². The van der Waals surface area contributed by atoms with Gasteiger partial charge in [-0.2, -0.15) is 0 Å². The van der Waals surface area contributed by atoms with E-state index in [0.29, 0.717) is 11.6 Å². The summed E-state index contributed by atoms with van der Waals surface area (Å²) in [5, 5.41) is 3.54. The monoisotopic (exact) mass is 251 g/mol. The Bertz CT molecular complexity index is 342. The maximum atomic E-state index is 11.5. The summed E-state index contributed by atoms with van der Waals surface area (Å²) in [6, 6.07) is 2.97. The molecule has 0 spiro atoms. The molecule has 76 valence electrons. The van der Waals surface area contributed by atoms with Crippen LogP contribution in [0.2, 0.25) is 15.1 Å². The van der Waals surface area contributed by atoms with Gasteiger partial charge in [0.15, 0.2) is 0 Å². The third kappa shape index (κ3) is 2.53. The minimum absolute atomic E-state index is 0.258. The largest absolute Gasteiger partial charge is 0.352 e. The molecule has 0 aliphatic carbocycles. The lowest BCUT2D eigenvalue weighted by atomic mass is 10.2. The van der Waals surface area contributed by atoms with Crippen LogP contribution in [0.1, 0.15) is 17.3 Å². The molecule has 0 atom stereocenters. The number of rotatable bonds is 2. The van der Waals surface area contributed by atoms with Gasteiger partial charge in [0, 0.05) is 11.6 Å². The number of halogens is 3. The minimum atomic E-state index is -0.292. The fourth-order valence-corrected chi connectivity index (χ4v) is 2.00. The van der Waals surface area contributed by atoms with Gasteiger partial charge in [-0.25, -0.2) is 0 Å². The zero-order chi connectivity index (χ0) is 10.7. The summed E-state index contributed by atoms with van der Waals surface area (Å²) in [6.07, 6.45) is 0. The Balaban J connectivity index is 3.14. The Morgan fingerprint density at radius 1 is 1.29 bits per heavy atom. The standard InChI is InChI=1S/C9H8Cl3NO/c1-2-13-9(14)8-6(11)3-5(10)4-7(8)12/h3-4H,2H2,1H3,(H,13,14). The first-order valence-electron chi connectivity index (χ1n) is 3.99. The number of benzene rings is 1. The van der Waals surface area contributed by atoms with Gasteiger partial charge in [-0.05, 0) is 19.1 Å². The molecule has 0 radical (unpaired) electrons. The summed E-state index contributed by atoms with van der Waals surface area (Å²) in [4.78, 5) is 11.5. The van der Waals surface area contributed by atoms with Crippen LogP contribution in [0.3, 0.4) is 0 Å². The predicted octanol–water partition coefficient (Wildman–Crippen LogP) is 3.40. The van der Waals surface area contributed by atoms with Gasteiger partial charge in [0.25, 0.3) is 5.91 Å². The second-order valence-corrected chi connectivity index (χ2v) is 3.85. The minimum Gasteiger partial charge on any atom is -0.352 e. The zero-order valence-electron chi connectivity index (χ0n) is 7.40. The molecule has 14 heavy (non-hydrogen) atoms. The van der Waals surface area contributed by atoms with Crippen molar-refractivity contribution in [1.29, 1.82) is 0 Å². The van der Waals surface area contributed by atoms with Gasteiger partial charge >= 0.3 is 0 Å². The highest BCUT2D eigenvalue weighted by Crippen LogP contribution is 2.28. The van der Waals surface area contributed by atoms with E-state index < -0.39 is 0 Å². The highest BCUT2D eigenvalue weighted by atomic mass is 35.5. The molecule has 5 heteroatoms. The quantitative estimate of drug-likeness (QED) is 0.859. The number of amides is 1. The first kappa shape index (κ1) is 11.6. The molecule has 0 saturated carbocycles. The number of carbonyl (C=O) groups excluding carboxylic acids is 1. The molecule has 2 nitrogen and oxygen atoms in total. The van der Waals surface area contributed by atoms with Crippen LogP contribution in [0.5, 0.6) is 0 Å². The smallest absolute Gasteiger partial charge is 0.254 e. The number of nitrogens with one attached hydrogen (secondary N) is 1. The molecule has 0 bridgehead atoms. The third-order valence-corrected chi connectivity index (χ3v) is 2.39. The van der Waals surface area contributed by atoms with E-state index in [-0.39, 0.29) is 21.5 Å². The summed E-state index contributed by atoms with van der Waals surface area (Å²) < 4.78 is 0. The van der Waals surface area contributed by atoms with E-state index in [9.17, 15) is 4.79 Å². The Kier molecular flexibility index (Phi) is 4.05. The fourth-order valence-electron chi connectivity index (χ4n) is 1.01. The Hall–Kier alpha value is -0.440. The lowest BCUT2D eigenvalue weighted by molar-refractivity contribution is 0.0956. The van der Waals surface area contributed by atoms with Gasteiger partial charge in [-0.3, -0.25) is 4.79 Å². The van der Waals surface area contributed by atoms with E-state index in [4.69, 9.17) is 34.8 Å². The average Bonchev–Trinajstić information content (AvgIpc) is 2.01. The van der Waals surface area contributed by atoms with Crippen molar-refractivity contribution in [2.75, 3.05) is 6.54 Å². The Labute approximate surface area is 97.1 Å². The van der Waals surface area contributed by atoms with Crippen LogP contribution < -0.4 is 5.32 Å². The van der Waals surface area contributed by atoms with Crippen LogP contribution in [-0.2, 0) is 0 Å². The summed E-state index contributed by atoms with van der Waals surface area (Å²) in [7, 11) is 0. The Morgan fingerprint density at radius 3 is 2.21 bits per heavy atom. The van der Waals surface area contributed by atoms with Crippen molar-refractivity contribution >= 4 is 40.7 Å². The molecule has 1 aromatic rings. The molecule has 1 rings (SSSR count). The number of hydrogen-bond acceptors (Lipinski definition) is 1. The summed E-state index contributed by atoms with van der Waals surface area (Å²) in [5.74, 6) is -0.292. The van der Waals surface area contributed by atoms with Gasteiger partial charge < -0.3 is 5.32 Å². The number of hydrogen-bond donors (Lipinski definition) is 1. The van der Waals surface area contributed by atoms with Crippen LogP contribution in [0.4, 0.5) is 0 Å². The summed E-state index contributed by atoms with van der Waals surface area (Å²) in [5.41, 5.74) is 0.264. The fraction of sp³-hybridized carbons (Fsp3) is 0.222. The van der Waals surface area contributed by atoms with Crippen LogP contribution in [0, 0.1) is 0 Å². The lowest BCUT2D eigenvalue weighted by Crippen LogP contribution is -2.23. The average molecular weight is 253 g/mol. The van der Waals surface area contributed by atoms with Crippen LogP contribution in [0.15, 0.2) is 12.1 Å². The molecule has 1 N–H and O–H groups in total. The van der Waals surface area contributed by atoms with Crippen molar-refractivity contribution in [3.05, 3.63) is 32.8 Å². The molecular weight excluding hydrogens is 244 g/mol. The van der Waals surface area contributed by atoms with Gasteiger partial charge in [0.05, 0.1) is 15.6 Å². The van der Waals surface area contributed by atoms with E-state index in [1.807, 2.05) is 6.92 Å². The van der Waals surface area contributed by atoms with Crippen LogP contribution >= 0.6 is 34.8 Å². The summed E-state index contributed by atoms with van der Waals surface area (Å²) >= 11 is 17.4. The zero-order valence-corrected chi connectivity index (χ0v) is 9.67. The molecule has 0 aliphatic heterocycles. The highest BCUT2D eigenvalue weighted by molar-refractivity contribution is 6.42. The Morgan fingerprint density at radius 2 is 1.79 bits per heavy atom. The number of carbonyl (C=O) groups is 1. The molecule has 0 fully saturated rings. The maximum Gasteiger partial charge on any atom is 0.254 e. The molecule has 0 heterocycles. The second kappa shape index (κ2) is 4.87. The molecular formula is C9H8Cl3NO. The van der Waals surface area contributed by atoms with Crippen molar-refractivity contribution in [2.45, 2.75) is 6.92 Å². The second-order valence-electron chi connectivity index (χ2n) is 2.60. The van der Waals surface area contributed by atoms with Crippen molar-refractivity contribution in [2.24, 2.45) is 0 Å². The van der Waals surface area contributed by atoms with E-state index in [0.717, 1.165) is 0 Å². The normalized spacial score (nSPS) is 10.0. The van der Waals surface area contributed by atoms with Crippen LogP contribution in [0.25, 0.3) is 0 Å². The predicted molar refractivity (Wildman–Crippen MR) is 59.5 cm³/mol. The van der Waals surface area contributed by atoms with Gasteiger partial charge in [0.2, 0.25) is 0 Å². The van der Waals surface area contributed by atoms with E-state index in [2.05, 4.69) is 5.32 Å². The van der Waals surface area contributed by atoms with Gasteiger partial charge in [-0.15, -0.1) is 0 Å². The summed E-state index contributed by atoms with van der Waals surface area (Å²) in [6.45, 7) is 2.34. The molecule has 1 amide bonds. The maximum absolute atomic E-state index is 11.5. The molecule has 0 unspecified atom stereocenters. The molecule has 0 saturated heterocycles. The van der Waals surface area contributed by atoms with Crippen molar-refractivity contribution in [3.63, 3.8) is 0 Å². The van der Waals surface area contributed by atoms with E-state index in [1.165, 1.54) is 12.1 Å². The van der Waals surface area contributed by atoms with Crippen molar-refractivity contribution in [1.82, 2.24) is 5.32 Å². The topological polar surface area (TPSA) is 29.1 Å². The van der Waals surface area contributed by atoms with Crippen molar-refractivity contribution in [3.8, 4) is 0 Å². The van der Waals surface area contributed by atoms with Crippen LogP contribution in [-0.4, -0.2) is 12.5 Å². The van der Waals surface area contributed by atoms with Gasteiger partial charge in [-0.1, -0.05) is 34.8 Å². The van der Waals surface area contributed by atoms with E-state index >= 15 is 0 Å². The highest BCUT2D eigenvalue weighted by Gasteiger charge is 2.14. The first-order valence-corrected chi connectivity index (χ1v) is 5.12. The van der Waals surface area contributed by atoms with Crippen molar-refractivity contribution < 1.29 is 4.79 Å². The molecule has 1 aromatic carbocycles. The lowest BCUT2D eigenvalue weighted by Gasteiger charge is -2.06. The third-order valence-electron chi connectivity index (χ3n) is 1.57.